The van der Waals surface area contributed by atoms with E-state index in [0.29, 0.717) is 17.1 Å². The number of benzene rings is 2. The van der Waals surface area contributed by atoms with Crippen LogP contribution < -0.4 is 4.74 Å². The van der Waals surface area contributed by atoms with Crippen molar-refractivity contribution in [2.24, 2.45) is 0 Å². The van der Waals surface area contributed by atoms with E-state index in [9.17, 15) is 10.1 Å². The number of halogens is 1. The van der Waals surface area contributed by atoms with Gasteiger partial charge in [-0.15, -0.1) is 0 Å². The molecule has 0 atom stereocenters. The fourth-order valence-corrected chi connectivity index (χ4v) is 1.94. The molecule has 0 unspecified atom stereocenters. The second-order valence-corrected chi connectivity index (χ2v) is 4.98. The normalized spacial score (nSPS) is 9.85. The first-order valence-corrected chi connectivity index (χ1v) is 6.43. The molecule has 0 spiro atoms. The molecule has 0 N–H and O–H groups in total. The van der Waals surface area contributed by atoms with E-state index in [2.05, 4.69) is 15.9 Å². The average Bonchev–Trinajstić information content (AvgIpc) is 2.41. The first-order valence-electron chi connectivity index (χ1n) is 5.64. The van der Waals surface area contributed by atoms with Crippen LogP contribution in [-0.2, 0) is 0 Å². The maximum Gasteiger partial charge on any atom is 0.273 e. The molecule has 20 heavy (non-hydrogen) atoms. The Morgan fingerprint density at radius 1 is 1.25 bits per heavy atom. The smallest absolute Gasteiger partial charge is 0.273 e. The van der Waals surface area contributed by atoms with Crippen molar-refractivity contribution < 1.29 is 9.66 Å². The zero-order valence-electron chi connectivity index (χ0n) is 10.5. The van der Waals surface area contributed by atoms with Gasteiger partial charge >= 0.3 is 0 Å². The summed E-state index contributed by atoms with van der Waals surface area (Å²) in [6.07, 6.45) is 0. The minimum Gasteiger partial charge on any atom is -0.455 e. The molecule has 2 rings (SSSR count). The summed E-state index contributed by atoms with van der Waals surface area (Å²) in [5.41, 5.74) is 1.05. The van der Waals surface area contributed by atoms with Gasteiger partial charge in [0.25, 0.3) is 5.69 Å². The number of nitro groups is 1. The van der Waals surface area contributed by atoms with Gasteiger partial charge in [-0.3, -0.25) is 10.1 Å². The van der Waals surface area contributed by atoms with Crippen molar-refractivity contribution in [1.29, 1.82) is 5.26 Å². The van der Waals surface area contributed by atoms with Crippen LogP contribution in [0.2, 0.25) is 0 Å². The third-order valence-corrected chi connectivity index (χ3v) is 3.16. The van der Waals surface area contributed by atoms with Gasteiger partial charge in [0.2, 0.25) is 0 Å². The highest BCUT2D eigenvalue weighted by Gasteiger charge is 2.12. The molecule has 0 saturated carbocycles. The van der Waals surface area contributed by atoms with Gasteiger partial charge in [0.15, 0.2) is 0 Å². The molecule has 0 aliphatic heterocycles. The average molecular weight is 333 g/mol. The molecule has 100 valence electrons. The molecule has 0 amide bonds. The highest BCUT2D eigenvalue weighted by atomic mass is 79.9. The molecule has 2 aromatic carbocycles. The van der Waals surface area contributed by atoms with Crippen molar-refractivity contribution in [3.05, 3.63) is 62.1 Å². The van der Waals surface area contributed by atoms with Crippen LogP contribution in [0, 0.1) is 28.4 Å². The molecule has 0 aliphatic carbocycles. The molecule has 0 aliphatic rings. The second-order valence-electron chi connectivity index (χ2n) is 4.06. The molecule has 0 aromatic heterocycles. The number of nitro benzene ring substituents is 1. The number of aryl methyl sites for hydroxylation is 1. The lowest BCUT2D eigenvalue weighted by Crippen LogP contribution is -1.93. The number of ether oxygens (including phenoxy) is 1. The van der Waals surface area contributed by atoms with Crippen molar-refractivity contribution >= 4 is 21.6 Å². The Morgan fingerprint density at radius 2 is 2.00 bits per heavy atom. The van der Waals surface area contributed by atoms with Crippen LogP contribution in [0.3, 0.4) is 0 Å². The number of rotatable bonds is 3. The van der Waals surface area contributed by atoms with Crippen molar-refractivity contribution in [2.75, 3.05) is 0 Å². The van der Waals surface area contributed by atoms with Crippen LogP contribution >= 0.6 is 15.9 Å². The van der Waals surface area contributed by atoms with Crippen molar-refractivity contribution in [1.82, 2.24) is 0 Å². The summed E-state index contributed by atoms with van der Waals surface area (Å²) < 4.78 is 6.40. The van der Waals surface area contributed by atoms with Gasteiger partial charge in [0, 0.05) is 10.5 Å². The van der Waals surface area contributed by atoms with Gasteiger partial charge in [-0.2, -0.15) is 5.26 Å². The zero-order chi connectivity index (χ0) is 14.7. The largest absolute Gasteiger partial charge is 0.455 e. The first kappa shape index (κ1) is 14.0. The third-order valence-electron chi connectivity index (χ3n) is 2.67. The number of nitriles is 1. The van der Waals surface area contributed by atoms with Crippen LogP contribution in [0.4, 0.5) is 5.69 Å². The number of hydrogen-bond acceptors (Lipinski definition) is 4. The standard InChI is InChI=1S/C14H9BrN2O3/c1-9-2-5-12(17(18)19)7-13(9)20-14-6-11(15)4-3-10(14)8-16/h2-7H,1H3. The first-order chi connectivity index (χ1) is 9.51. The van der Waals surface area contributed by atoms with Gasteiger partial charge < -0.3 is 4.74 Å². The molecule has 0 radical (unpaired) electrons. The topological polar surface area (TPSA) is 76.2 Å². The van der Waals surface area contributed by atoms with Gasteiger partial charge in [0.1, 0.15) is 17.6 Å². The SMILES string of the molecule is Cc1ccc([N+](=O)[O-])cc1Oc1cc(Br)ccc1C#N. The predicted octanol–water partition coefficient (Wildman–Crippen LogP) is 4.33. The van der Waals surface area contributed by atoms with Crippen LogP contribution in [0.25, 0.3) is 0 Å². The molecule has 6 heteroatoms. The summed E-state index contributed by atoms with van der Waals surface area (Å²) in [5.74, 6) is 0.708. The Labute approximate surface area is 123 Å². The number of hydrogen-bond donors (Lipinski definition) is 0. The lowest BCUT2D eigenvalue weighted by molar-refractivity contribution is -0.384. The molecular weight excluding hydrogens is 324 g/mol. The maximum atomic E-state index is 10.8. The Kier molecular flexibility index (Phi) is 4.01. The minimum absolute atomic E-state index is 0.0564. The molecule has 5 nitrogen and oxygen atoms in total. The third kappa shape index (κ3) is 2.95. The van der Waals surface area contributed by atoms with E-state index in [1.165, 1.54) is 12.1 Å². The summed E-state index contributed by atoms with van der Waals surface area (Å²) in [4.78, 5) is 10.3. The summed E-state index contributed by atoms with van der Waals surface area (Å²) in [7, 11) is 0. The van der Waals surface area contributed by atoms with Gasteiger partial charge in [-0.1, -0.05) is 15.9 Å². The molecule has 0 heterocycles. The second kappa shape index (κ2) is 5.72. The van der Waals surface area contributed by atoms with Crippen molar-refractivity contribution in [3.8, 4) is 17.6 Å². The van der Waals surface area contributed by atoms with E-state index >= 15 is 0 Å². The molecule has 0 bridgehead atoms. The minimum atomic E-state index is -0.488. The quantitative estimate of drug-likeness (QED) is 0.619. The van der Waals surface area contributed by atoms with Crippen molar-refractivity contribution in [2.45, 2.75) is 6.92 Å². The van der Waals surface area contributed by atoms with Gasteiger partial charge in [-0.25, -0.2) is 0 Å². The summed E-state index contributed by atoms with van der Waals surface area (Å²) in [6.45, 7) is 1.78. The maximum absolute atomic E-state index is 10.8. The van der Waals surface area contributed by atoms with E-state index < -0.39 is 4.92 Å². The summed E-state index contributed by atoms with van der Waals surface area (Å²) in [6, 6.07) is 11.4. The molecule has 2 aromatic rings. The summed E-state index contributed by atoms with van der Waals surface area (Å²) in [5, 5.41) is 19.8. The van der Waals surface area contributed by atoms with E-state index in [1.807, 2.05) is 6.07 Å². The fraction of sp³-hybridized carbons (Fsp3) is 0.0714. The lowest BCUT2D eigenvalue weighted by atomic mass is 10.2. The highest BCUT2D eigenvalue weighted by molar-refractivity contribution is 9.10. The van der Waals surface area contributed by atoms with Crippen LogP contribution in [-0.4, -0.2) is 4.92 Å². The monoisotopic (exact) mass is 332 g/mol. The van der Waals surface area contributed by atoms with Gasteiger partial charge in [0.05, 0.1) is 16.6 Å². The van der Waals surface area contributed by atoms with Crippen LogP contribution in [0.1, 0.15) is 11.1 Å². The number of nitrogens with zero attached hydrogens (tertiary/aromatic N) is 2. The van der Waals surface area contributed by atoms with Crippen LogP contribution in [0.15, 0.2) is 40.9 Å². The van der Waals surface area contributed by atoms with E-state index in [0.717, 1.165) is 10.0 Å². The summed E-state index contributed by atoms with van der Waals surface area (Å²) >= 11 is 3.30. The molecular formula is C14H9BrN2O3. The molecule has 0 fully saturated rings. The lowest BCUT2D eigenvalue weighted by Gasteiger charge is -2.10. The van der Waals surface area contributed by atoms with Gasteiger partial charge in [-0.05, 0) is 36.8 Å². The zero-order valence-corrected chi connectivity index (χ0v) is 12.0. The molecule has 0 saturated heterocycles. The van der Waals surface area contributed by atoms with E-state index in [4.69, 9.17) is 10.00 Å². The van der Waals surface area contributed by atoms with E-state index in [-0.39, 0.29) is 5.69 Å². The van der Waals surface area contributed by atoms with Crippen LogP contribution in [0.5, 0.6) is 11.5 Å². The predicted molar refractivity (Wildman–Crippen MR) is 76.8 cm³/mol. The Hall–Kier alpha value is -2.39. The van der Waals surface area contributed by atoms with E-state index in [1.54, 1.807) is 31.2 Å². The Bertz CT molecular complexity index is 723. The fourth-order valence-electron chi connectivity index (χ4n) is 1.60. The highest BCUT2D eigenvalue weighted by Crippen LogP contribution is 2.32. The Morgan fingerprint density at radius 3 is 2.65 bits per heavy atom. The van der Waals surface area contributed by atoms with Crippen molar-refractivity contribution in [3.63, 3.8) is 0 Å². The number of non-ortho nitro benzene ring substituents is 1. The Balaban J connectivity index is 2.44.